The Labute approximate surface area is 139 Å². The van der Waals surface area contributed by atoms with Crippen LogP contribution in [-0.2, 0) is 6.54 Å². The van der Waals surface area contributed by atoms with Crippen LogP contribution >= 0.6 is 0 Å². The number of hydrogen-bond acceptors (Lipinski definition) is 2. The lowest BCUT2D eigenvalue weighted by atomic mass is 9.68. The predicted octanol–water partition coefficient (Wildman–Crippen LogP) is 4.58. The molecule has 1 spiro atoms. The SMILES string of the molecule is NCc1cccc(-c2cccc(N3CC4(CCCCC4)C3)c2)c1. The molecule has 4 rings (SSSR count). The first-order chi connectivity index (χ1) is 11.3. The van der Waals surface area contributed by atoms with Crippen LogP contribution in [0.5, 0.6) is 0 Å². The Bertz CT molecular complexity index is 678. The minimum absolute atomic E-state index is 0.599. The van der Waals surface area contributed by atoms with Crippen LogP contribution in [0.15, 0.2) is 48.5 Å². The van der Waals surface area contributed by atoms with E-state index in [0.717, 1.165) is 0 Å². The number of anilines is 1. The summed E-state index contributed by atoms with van der Waals surface area (Å²) in [6.07, 6.45) is 7.16. The molecule has 2 aromatic rings. The van der Waals surface area contributed by atoms with E-state index in [0.29, 0.717) is 12.0 Å². The van der Waals surface area contributed by atoms with E-state index in [4.69, 9.17) is 5.73 Å². The van der Waals surface area contributed by atoms with Gasteiger partial charge in [-0.15, -0.1) is 0 Å². The Hall–Kier alpha value is -1.80. The molecule has 1 saturated heterocycles. The van der Waals surface area contributed by atoms with Gasteiger partial charge in [-0.3, -0.25) is 0 Å². The van der Waals surface area contributed by atoms with Crippen LogP contribution in [0.1, 0.15) is 37.7 Å². The van der Waals surface area contributed by atoms with Gasteiger partial charge < -0.3 is 10.6 Å². The van der Waals surface area contributed by atoms with Crippen molar-refractivity contribution in [2.24, 2.45) is 11.1 Å². The van der Waals surface area contributed by atoms with Crippen molar-refractivity contribution >= 4 is 5.69 Å². The zero-order valence-electron chi connectivity index (χ0n) is 13.8. The van der Waals surface area contributed by atoms with Gasteiger partial charge in [0.2, 0.25) is 0 Å². The fourth-order valence-corrected chi connectivity index (χ4v) is 4.32. The molecule has 0 unspecified atom stereocenters. The summed E-state index contributed by atoms with van der Waals surface area (Å²) < 4.78 is 0. The molecule has 2 fully saturated rings. The first kappa shape index (κ1) is 14.8. The molecule has 1 aliphatic carbocycles. The molecule has 0 atom stereocenters. The lowest BCUT2D eigenvalue weighted by Crippen LogP contribution is -2.57. The second kappa shape index (κ2) is 6.01. The van der Waals surface area contributed by atoms with Crippen LogP contribution in [0.3, 0.4) is 0 Å². The van der Waals surface area contributed by atoms with E-state index in [1.165, 1.54) is 67.6 Å². The normalized spacial score (nSPS) is 19.6. The monoisotopic (exact) mass is 306 g/mol. The van der Waals surface area contributed by atoms with Crippen LogP contribution in [0.4, 0.5) is 5.69 Å². The van der Waals surface area contributed by atoms with Crippen LogP contribution in [0, 0.1) is 5.41 Å². The van der Waals surface area contributed by atoms with E-state index in [1.807, 2.05) is 0 Å². The van der Waals surface area contributed by atoms with Crippen molar-refractivity contribution in [2.45, 2.75) is 38.6 Å². The second-order valence-corrected chi connectivity index (χ2v) is 7.37. The molecule has 2 aromatic carbocycles. The van der Waals surface area contributed by atoms with E-state index < -0.39 is 0 Å². The molecule has 2 heteroatoms. The molecule has 120 valence electrons. The third-order valence-corrected chi connectivity index (χ3v) is 5.67. The highest BCUT2D eigenvalue weighted by Crippen LogP contribution is 2.45. The minimum atomic E-state index is 0.599. The zero-order chi connectivity index (χ0) is 15.7. The first-order valence-corrected chi connectivity index (χ1v) is 8.92. The van der Waals surface area contributed by atoms with Gasteiger partial charge in [-0.2, -0.15) is 0 Å². The van der Waals surface area contributed by atoms with Crippen molar-refractivity contribution < 1.29 is 0 Å². The highest BCUT2D eigenvalue weighted by atomic mass is 15.2. The van der Waals surface area contributed by atoms with E-state index in [1.54, 1.807) is 0 Å². The fourth-order valence-electron chi connectivity index (χ4n) is 4.32. The highest BCUT2D eigenvalue weighted by molar-refractivity contribution is 5.69. The van der Waals surface area contributed by atoms with Crippen molar-refractivity contribution in [1.82, 2.24) is 0 Å². The summed E-state index contributed by atoms with van der Waals surface area (Å²) in [5.74, 6) is 0. The summed E-state index contributed by atoms with van der Waals surface area (Å²) in [7, 11) is 0. The fraction of sp³-hybridized carbons (Fsp3) is 0.429. The topological polar surface area (TPSA) is 29.3 Å². The van der Waals surface area contributed by atoms with Crippen LogP contribution in [0.25, 0.3) is 11.1 Å². The highest BCUT2D eigenvalue weighted by Gasteiger charge is 2.43. The molecule has 0 bridgehead atoms. The average molecular weight is 306 g/mol. The maximum atomic E-state index is 5.78. The summed E-state index contributed by atoms with van der Waals surface area (Å²) in [4.78, 5) is 2.56. The Morgan fingerprint density at radius 1 is 0.870 bits per heavy atom. The number of nitrogens with two attached hydrogens (primary N) is 1. The Morgan fingerprint density at radius 3 is 2.30 bits per heavy atom. The molecular weight excluding hydrogens is 280 g/mol. The van der Waals surface area contributed by atoms with Gasteiger partial charge in [0.25, 0.3) is 0 Å². The summed E-state index contributed by atoms with van der Waals surface area (Å²) in [5.41, 5.74) is 11.5. The average Bonchev–Trinajstić information content (AvgIpc) is 2.60. The van der Waals surface area contributed by atoms with Crippen LogP contribution in [-0.4, -0.2) is 13.1 Å². The first-order valence-electron chi connectivity index (χ1n) is 8.92. The van der Waals surface area contributed by atoms with Gasteiger partial charge in [-0.1, -0.05) is 49.6 Å². The van der Waals surface area contributed by atoms with E-state index in [9.17, 15) is 0 Å². The molecular formula is C21H26N2. The predicted molar refractivity (Wildman–Crippen MR) is 97.5 cm³/mol. The van der Waals surface area contributed by atoms with Gasteiger partial charge in [0.05, 0.1) is 0 Å². The summed E-state index contributed by atoms with van der Waals surface area (Å²) >= 11 is 0. The van der Waals surface area contributed by atoms with Crippen molar-refractivity contribution in [2.75, 3.05) is 18.0 Å². The lowest BCUT2D eigenvalue weighted by Gasteiger charge is -2.53. The molecule has 1 saturated carbocycles. The second-order valence-electron chi connectivity index (χ2n) is 7.37. The number of benzene rings is 2. The smallest absolute Gasteiger partial charge is 0.0372 e. The van der Waals surface area contributed by atoms with Crippen molar-refractivity contribution in [3.05, 3.63) is 54.1 Å². The van der Waals surface area contributed by atoms with E-state index in [2.05, 4.69) is 53.4 Å². The van der Waals surface area contributed by atoms with E-state index >= 15 is 0 Å². The van der Waals surface area contributed by atoms with Crippen LogP contribution < -0.4 is 10.6 Å². The molecule has 0 amide bonds. The zero-order valence-corrected chi connectivity index (χ0v) is 13.8. The van der Waals surface area contributed by atoms with Crippen LogP contribution in [0.2, 0.25) is 0 Å². The van der Waals surface area contributed by atoms with Gasteiger partial charge in [-0.25, -0.2) is 0 Å². The summed E-state index contributed by atoms with van der Waals surface area (Å²) in [6, 6.07) is 17.6. The maximum Gasteiger partial charge on any atom is 0.0372 e. The number of rotatable bonds is 3. The molecule has 0 aromatic heterocycles. The quantitative estimate of drug-likeness (QED) is 0.899. The Kier molecular flexibility index (Phi) is 3.86. The molecule has 2 nitrogen and oxygen atoms in total. The van der Waals surface area contributed by atoms with Gasteiger partial charge in [0.15, 0.2) is 0 Å². The molecule has 23 heavy (non-hydrogen) atoms. The van der Waals surface area contributed by atoms with Crippen molar-refractivity contribution in [3.63, 3.8) is 0 Å². The van der Waals surface area contributed by atoms with Crippen molar-refractivity contribution in [3.8, 4) is 11.1 Å². The molecule has 2 aliphatic rings. The third-order valence-electron chi connectivity index (χ3n) is 5.67. The third kappa shape index (κ3) is 2.88. The minimum Gasteiger partial charge on any atom is -0.370 e. The summed E-state index contributed by atoms with van der Waals surface area (Å²) in [6.45, 7) is 3.10. The van der Waals surface area contributed by atoms with Gasteiger partial charge in [0.1, 0.15) is 0 Å². The van der Waals surface area contributed by atoms with Crippen molar-refractivity contribution in [1.29, 1.82) is 0 Å². The van der Waals surface area contributed by atoms with Gasteiger partial charge in [0, 0.05) is 30.7 Å². The van der Waals surface area contributed by atoms with Gasteiger partial charge in [-0.05, 0) is 47.7 Å². The molecule has 1 aliphatic heterocycles. The molecule has 0 radical (unpaired) electrons. The molecule has 2 N–H and O–H groups in total. The Balaban J connectivity index is 1.53. The molecule has 1 heterocycles. The maximum absolute atomic E-state index is 5.78. The largest absolute Gasteiger partial charge is 0.370 e. The number of hydrogen-bond donors (Lipinski definition) is 1. The standard InChI is InChI=1S/C21H26N2/c22-14-17-6-4-7-18(12-17)19-8-5-9-20(13-19)23-15-21(16-23)10-2-1-3-11-21/h4-9,12-13H,1-3,10-11,14-16,22H2. The van der Waals surface area contributed by atoms with Gasteiger partial charge >= 0.3 is 0 Å². The Morgan fingerprint density at radius 2 is 1.57 bits per heavy atom. The lowest BCUT2D eigenvalue weighted by molar-refractivity contribution is 0.139. The summed E-state index contributed by atoms with van der Waals surface area (Å²) in [5, 5.41) is 0. The number of nitrogens with zero attached hydrogens (tertiary/aromatic N) is 1. The van der Waals surface area contributed by atoms with E-state index in [-0.39, 0.29) is 0 Å².